The van der Waals surface area contributed by atoms with E-state index in [1.54, 1.807) is 36.4 Å². The Balaban J connectivity index is 2.10. The van der Waals surface area contributed by atoms with Crippen molar-refractivity contribution in [1.82, 2.24) is 0 Å². The second-order valence-corrected chi connectivity index (χ2v) is 5.21. The van der Waals surface area contributed by atoms with Crippen molar-refractivity contribution in [3.05, 3.63) is 63.8 Å². The molecule has 3 rings (SSSR count). The van der Waals surface area contributed by atoms with Crippen LogP contribution >= 0.6 is 23.2 Å². The maximum atomic E-state index is 12.4. The molecule has 0 unspecified atom stereocenters. The molecule has 2 aromatic carbocycles. The molecule has 0 spiro atoms. The van der Waals surface area contributed by atoms with Crippen LogP contribution in [0.5, 0.6) is 0 Å². The predicted octanol–water partition coefficient (Wildman–Crippen LogP) is 4.55. The summed E-state index contributed by atoms with van der Waals surface area (Å²) in [5.41, 5.74) is 6.98. The van der Waals surface area contributed by atoms with E-state index in [2.05, 4.69) is 0 Å². The highest BCUT2D eigenvalue weighted by atomic mass is 35.5. The summed E-state index contributed by atoms with van der Waals surface area (Å²) in [6, 6.07) is 11.7. The monoisotopic (exact) mass is 305 g/mol. The first-order valence-electron chi connectivity index (χ1n) is 5.83. The van der Waals surface area contributed by atoms with Gasteiger partial charge < -0.3 is 10.2 Å². The Morgan fingerprint density at radius 2 is 1.90 bits per heavy atom. The Morgan fingerprint density at radius 3 is 2.60 bits per heavy atom. The average molecular weight is 306 g/mol. The zero-order valence-electron chi connectivity index (χ0n) is 10.2. The fourth-order valence-electron chi connectivity index (χ4n) is 2.03. The lowest BCUT2D eigenvalue weighted by Gasteiger charge is -2.01. The molecule has 1 aromatic heterocycles. The van der Waals surface area contributed by atoms with Gasteiger partial charge in [-0.3, -0.25) is 4.79 Å². The lowest BCUT2D eigenvalue weighted by atomic mass is 10.1. The Hall–Kier alpha value is -1.97. The third kappa shape index (κ3) is 2.26. The molecule has 1 heterocycles. The van der Waals surface area contributed by atoms with E-state index < -0.39 is 0 Å². The van der Waals surface area contributed by atoms with Crippen LogP contribution in [0.3, 0.4) is 0 Å². The summed E-state index contributed by atoms with van der Waals surface area (Å²) in [6.45, 7) is 0. The number of nitrogen functional groups attached to an aromatic ring is 1. The van der Waals surface area contributed by atoms with Gasteiger partial charge in [-0.1, -0.05) is 35.3 Å². The number of furan rings is 1. The van der Waals surface area contributed by atoms with Gasteiger partial charge in [0.15, 0.2) is 11.3 Å². The van der Waals surface area contributed by atoms with Crippen molar-refractivity contribution in [2.24, 2.45) is 0 Å². The Kier molecular flexibility index (Phi) is 3.16. The quantitative estimate of drug-likeness (QED) is 0.558. The summed E-state index contributed by atoms with van der Waals surface area (Å²) in [4.78, 5) is 12.4. The first kappa shape index (κ1) is 13.0. The molecule has 0 amide bonds. The van der Waals surface area contributed by atoms with Crippen LogP contribution in [0.1, 0.15) is 16.1 Å². The van der Waals surface area contributed by atoms with Gasteiger partial charge in [-0.2, -0.15) is 0 Å². The molecule has 0 aliphatic heterocycles. The maximum absolute atomic E-state index is 12.4. The van der Waals surface area contributed by atoms with Gasteiger partial charge in [0, 0.05) is 21.7 Å². The number of rotatable bonds is 2. The van der Waals surface area contributed by atoms with E-state index >= 15 is 0 Å². The van der Waals surface area contributed by atoms with Crippen LogP contribution in [0, 0.1) is 0 Å². The molecule has 0 atom stereocenters. The van der Waals surface area contributed by atoms with Crippen molar-refractivity contribution in [3.8, 4) is 0 Å². The van der Waals surface area contributed by atoms with E-state index in [1.807, 2.05) is 6.07 Å². The highest BCUT2D eigenvalue weighted by molar-refractivity contribution is 6.35. The Labute approximate surface area is 124 Å². The fraction of sp³-hybridized carbons (Fsp3) is 0. The minimum absolute atomic E-state index is 0.203. The largest absolute Gasteiger partial charge is 0.451 e. The first-order chi connectivity index (χ1) is 9.54. The fourth-order valence-corrected chi connectivity index (χ4v) is 2.49. The van der Waals surface area contributed by atoms with Crippen LogP contribution in [-0.4, -0.2) is 5.78 Å². The van der Waals surface area contributed by atoms with Gasteiger partial charge in [0.05, 0.1) is 5.02 Å². The van der Waals surface area contributed by atoms with Crippen LogP contribution in [-0.2, 0) is 0 Å². The number of carbonyl (C=O) groups is 1. The molecule has 3 aromatic rings. The average Bonchev–Trinajstić information content (AvgIpc) is 2.82. The van der Waals surface area contributed by atoms with Crippen LogP contribution in [0.4, 0.5) is 5.69 Å². The third-order valence-electron chi connectivity index (χ3n) is 2.90. The van der Waals surface area contributed by atoms with E-state index in [0.29, 0.717) is 26.9 Å². The van der Waals surface area contributed by atoms with Crippen molar-refractivity contribution in [2.45, 2.75) is 0 Å². The number of nitrogens with two attached hydrogens (primary N) is 1. The molecule has 0 bridgehead atoms. The number of para-hydroxylation sites is 1. The van der Waals surface area contributed by atoms with Crippen molar-refractivity contribution in [2.75, 3.05) is 5.73 Å². The van der Waals surface area contributed by atoms with E-state index in [1.165, 1.54) is 0 Å². The number of benzene rings is 2. The van der Waals surface area contributed by atoms with E-state index in [4.69, 9.17) is 33.4 Å². The molecule has 0 saturated carbocycles. The van der Waals surface area contributed by atoms with Gasteiger partial charge in [0.2, 0.25) is 5.78 Å². The molecule has 0 saturated heterocycles. The van der Waals surface area contributed by atoms with Crippen molar-refractivity contribution in [3.63, 3.8) is 0 Å². The molecule has 100 valence electrons. The van der Waals surface area contributed by atoms with Gasteiger partial charge in [-0.05, 0) is 30.3 Å². The smallest absolute Gasteiger partial charge is 0.228 e. The van der Waals surface area contributed by atoms with Crippen LogP contribution in [0.2, 0.25) is 10.0 Å². The van der Waals surface area contributed by atoms with Gasteiger partial charge >= 0.3 is 0 Å². The van der Waals surface area contributed by atoms with E-state index in [-0.39, 0.29) is 11.5 Å². The minimum atomic E-state index is -0.286. The van der Waals surface area contributed by atoms with Crippen LogP contribution in [0.15, 0.2) is 46.9 Å². The van der Waals surface area contributed by atoms with Crippen LogP contribution < -0.4 is 5.73 Å². The van der Waals surface area contributed by atoms with E-state index in [0.717, 1.165) is 5.39 Å². The summed E-state index contributed by atoms with van der Waals surface area (Å²) >= 11 is 11.9. The summed E-state index contributed by atoms with van der Waals surface area (Å²) in [6.07, 6.45) is 0. The molecule has 2 N–H and O–H groups in total. The zero-order chi connectivity index (χ0) is 14.3. The SMILES string of the molecule is Nc1cc(Cl)cc(C(=O)c2cc3cccc(Cl)c3o2)c1. The number of anilines is 1. The van der Waals surface area contributed by atoms with Crippen molar-refractivity contribution >= 4 is 45.6 Å². The second-order valence-electron chi connectivity index (χ2n) is 4.37. The molecule has 0 aliphatic rings. The lowest BCUT2D eigenvalue weighted by molar-refractivity contribution is 0.101. The number of halogens is 2. The van der Waals surface area contributed by atoms with Crippen molar-refractivity contribution < 1.29 is 9.21 Å². The molecule has 0 radical (unpaired) electrons. The molecule has 0 fully saturated rings. The Bertz CT molecular complexity index is 804. The predicted molar refractivity (Wildman–Crippen MR) is 80.5 cm³/mol. The summed E-state index contributed by atoms with van der Waals surface area (Å²) < 4.78 is 5.53. The topological polar surface area (TPSA) is 56.2 Å². The highest BCUT2D eigenvalue weighted by Crippen LogP contribution is 2.28. The van der Waals surface area contributed by atoms with Gasteiger partial charge in [0.1, 0.15) is 0 Å². The van der Waals surface area contributed by atoms with Crippen LogP contribution in [0.25, 0.3) is 11.0 Å². The third-order valence-corrected chi connectivity index (χ3v) is 3.42. The van der Waals surface area contributed by atoms with Gasteiger partial charge in [-0.25, -0.2) is 0 Å². The number of hydrogen-bond donors (Lipinski definition) is 1. The molecule has 20 heavy (non-hydrogen) atoms. The molecule has 5 heteroatoms. The minimum Gasteiger partial charge on any atom is -0.451 e. The second kappa shape index (κ2) is 4.85. The Morgan fingerprint density at radius 1 is 1.10 bits per heavy atom. The highest BCUT2D eigenvalue weighted by Gasteiger charge is 2.16. The van der Waals surface area contributed by atoms with Gasteiger partial charge in [0.25, 0.3) is 0 Å². The molecule has 0 aliphatic carbocycles. The lowest BCUT2D eigenvalue weighted by Crippen LogP contribution is -2.00. The normalized spacial score (nSPS) is 10.9. The first-order valence-corrected chi connectivity index (χ1v) is 6.59. The maximum Gasteiger partial charge on any atom is 0.228 e. The molecular weight excluding hydrogens is 297 g/mol. The molecular formula is C15H9Cl2NO2. The van der Waals surface area contributed by atoms with Crippen molar-refractivity contribution in [1.29, 1.82) is 0 Å². The standard InChI is InChI=1S/C15H9Cl2NO2/c16-10-4-9(5-11(18)7-10)14(19)13-6-8-2-1-3-12(17)15(8)20-13/h1-7H,18H2. The number of carbonyl (C=O) groups excluding carboxylic acids is 1. The summed E-state index contributed by atoms with van der Waals surface area (Å²) in [5.74, 6) is -0.0822. The summed E-state index contributed by atoms with van der Waals surface area (Å²) in [7, 11) is 0. The summed E-state index contributed by atoms with van der Waals surface area (Å²) in [5, 5.41) is 1.64. The number of fused-ring (bicyclic) bond motifs is 1. The van der Waals surface area contributed by atoms with Gasteiger partial charge in [-0.15, -0.1) is 0 Å². The molecule has 3 nitrogen and oxygen atoms in total. The number of hydrogen-bond acceptors (Lipinski definition) is 3. The number of ketones is 1. The van der Waals surface area contributed by atoms with E-state index in [9.17, 15) is 4.79 Å². The zero-order valence-corrected chi connectivity index (χ0v) is 11.7.